The van der Waals surface area contributed by atoms with E-state index in [9.17, 15) is 0 Å². The number of nitrogen functional groups attached to an aromatic ring is 1. The molecule has 2 nitrogen and oxygen atoms in total. The van der Waals surface area contributed by atoms with Gasteiger partial charge in [-0.25, -0.2) is 4.98 Å². The Morgan fingerprint density at radius 3 is 2.67 bits per heavy atom. The molecule has 0 saturated heterocycles. The Bertz CT molecular complexity index is 209. The molecule has 0 aliphatic heterocycles. The molecule has 2 N–H and O–H groups in total. The fourth-order valence-corrected chi connectivity index (χ4v) is 1.32. The van der Waals surface area contributed by atoms with Crippen molar-refractivity contribution in [2.75, 3.05) is 5.73 Å². The summed E-state index contributed by atoms with van der Waals surface area (Å²) in [6.45, 7) is 2.00. The van der Waals surface area contributed by atoms with Crippen molar-refractivity contribution in [2.45, 2.75) is 13.3 Å². The first-order chi connectivity index (χ1) is 4.24. The normalized spacial score (nSPS) is 9.89. The lowest BCUT2D eigenvalue weighted by Crippen LogP contribution is -2.02. The van der Waals surface area contributed by atoms with Crippen LogP contribution in [0.1, 0.15) is 12.6 Å². The van der Waals surface area contributed by atoms with E-state index in [-0.39, 0.29) is 0 Å². The Morgan fingerprint density at radius 1 is 1.78 bits per heavy atom. The van der Waals surface area contributed by atoms with E-state index in [4.69, 9.17) is 13.6 Å². The molecule has 0 spiro atoms. The van der Waals surface area contributed by atoms with E-state index in [1.807, 2.05) is 6.92 Å². The molecular weight excluding hydrogens is 131 g/mol. The second-order valence-corrected chi connectivity index (χ2v) is 2.78. The third-order valence-electron chi connectivity index (χ3n) is 1.08. The van der Waals surface area contributed by atoms with Crippen molar-refractivity contribution in [1.82, 2.24) is 4.98 Å². The van der Waals surface area contributed by atoms with E-state index >= 15 is 0 Å². The molecule has 0 amide bonds. The average molecular weight is 138 g/mol. The van der Waals surface area contributed by atoms with E-state index < -0.39 is 0 Å². The molecule has 9 heavy (non-hydrogen) atoms. The first-order valence-electron chi connectivity index (χ1n) is 2.74. The number of hydrogen-bond acceptors (Lipinski definition) is 3. The predicted molar refractivity (Wildman–Crippen MR) is 41.3 cm³/mol. The van der Waals surface area contributed by atoms with Crippen molar-refractivity contribution >= 4 is 29.1 Å². The van der Waals surface area contributed by atoms with Crippen molar-refractivity contribution in [3.8, 4) is 0 Å². The Labute approximate surface area is 59.5 Å². The van der Waals surface area contributed by atoms with Crippen LogP contribution in [0.15, 0.2) is 0 Å². The number of nitrogens with zero attached hydrogens (tertiary/aromatic N) is 1. The summed E-state index contributed by atoms with van der Waals surface area (Å²) in [5.74, 6) is 0. The maximum absolute atomic E-state index is 5.53. The van der Waals surface area contributed by atoms with Gasteiger partial charge in [0, 0.05) is 5.69 Å². The van der Waals surface area contributed by atoms with Gasteiger partial charge in [-0.05, 0) is 11.2 Å². The van der Waals surface area contributed by atoms with Gasteiger partial charge in [-0.3, -0.25) is 0 Å². The number of rotatable bonds is 1. The summed E-state index contributed by atoms with van der Waals surface area (Å²) in [6.07, 6.45) is 0.861. The lowest BCUT2D eigenvalue weighted by Gasteiger charge is -1.86. The fourth-order valence-electron chi connectivity index (χ4n) is 0.636. The Kier molecular flexibility index (Phi) is 1.76. The van der Waals surface area contributed by atoms with Crippen molar-refractivity contribution in [1.29, 1.82) is 0 Å². The smallest absolute Gasteiger partial charge is 0.179 e. The summed E-state index contributed by atoms with van der Waals surface area (Å²) in [5.41, 5.74) is 6.30. The highest BCUT2D eigenvalue weighted by Crippen LogP contribution is 2.06. The lowest BCUT2D eigenvalue weighted by atomic mass is 10.1. The topological polar surface area (TPSA) is 38.9 Å². The van der Waals surface area contributed by atoms with Crippen LogP contribution in [0, 0.1) is 0 Å². The minimum Gasteiger partial charge on any atom is -0.375 e. The minimum absolute atomic E-state index is 0.560. The number of hydrogen-bond donors (Lipinski definition) is 1. The standard InChI is InChI=1S/C5H7BN2S/c1-2-3-4(6)9-5(7)8-3/h2H2,1H3,(H2,7,8). The number of anilines is 1. The summed E-state index contributed by atoms with van der Waals surface area (Å²) >= 11 is 1.34. The molecule has 46 valence electrons. The van der Waals surface area contributed by atoms with Crippen LogP contribution in [0.2, 0.25) is 0 Å². The van der Waals surface area contributed by atoms with Gasteiger partial charge >= 0.3 is 0 Å². The number of nitrogens with two attached hydrogens (primary N) is 1. The molecule has 1 aromatic heterocycles. The van der Waals surface area contributed by atoms with E-state index in [1.165, 1.54) is 11.3 Å². The highest BCUT2D eigenvalue weighted by Gasteiger charge is 1.99. The molecule has 0 fully saturated rings. The van der Waals surface area contributed by atoms with Crippen LogP contribution >= 0.6 is 11.3 Å². The minimum atomic E-state index is 0.560. The Balaban J connectivity index is 3.01. The van der Waals surface area contributed by atoms with Crippen molar-refractivity contribution in [2.24, 2.45) is 0 Å². The molecule has 0 aromatic carbocycles. The van der Waals surface area contributed by atoms with Gasteiger partial charge in [0.15, 0.2) is 5.13 Å². The zero-order valence-corrected chi connectivity index (χ0v) is 6.03. The van der Waals surface area contributed by atoms with Gasteiger partial charge in [0.25, 0.3) is 0 Å². The van der Waals surface area contributed by atoms with Gasteiger partial charge in [0.1, 0.15) is 7.85 Å². The monoisotopic (exact) mass is 138 g/mol. The molecule has 2 radical (unpaired) electrons. The van der Waals surface area contributed by atoms with Crippen molar-refractivity contribution in [3.63, 3.8) is 0 Å². The van der Waals surface area contributed by atoms with E-state index in [2.05, 4.69) is 4.98 Å². The third-order valence-corrected chi connectivity index (χ3v) is 1.83. The molecule has 0 aliphatic rings. The first-order valence-corrected chi connectivity index (χ1v) is 3.56. The molecule has 4 heteroatoms. The van der Waals surface area contributed by atoms with Crippen molar-refractivity contribution in [3.05, 3.63) is 5.69 Å². The molecule has 0 bridgehead atoms. The molecule has 1 rings (SSSR count). The van der Waals surface area contributed by atoms with Crippen LogP contribution < -0.4 is 10.5 Å². The van der Waals surface area contributed by atoms with Crippen LogP contribution in [0.4, 0.5) is 5.13 Å². The van der Waals surface area contributed by atoms with Gasteiger partial charge in [-0.1, -0.05) is 6.92 Å². The Morgan fingerprint density at radius 2 is 2.44 bits per heavy atom. The van der Waals surface area contributed by atoms with Crippen LogP contribution in [0.3, 0.4) is 0 Å². The first kappa shape index (κ1) is 6.61. The van der Waals surface area contributed by atoms with E-state index in [0.717, 1.165) is 16.9 Å². The largest absolute Gasteiger partial charge is 0.375 e. The fraction of sp³-hybridized carbons (Fsp3) is 0.400. The van der Waals surface area contributed by atoms with Gasteiger partial charge in [0.2, 0.25) is 0 Å². The summed E-state index contributed by atoms with van der Waals surface area (Å²) in [6, 6.07) is 0. The molecule has 0 aliphatic carbocycles. The predicted octanol–water partition coefficient (Wildman–Crippen LogP) is 0.0815. The summed E-state index contributed by atoms with van der Waals surface area (Å²) < 4.78 is 0.745. The van der Waals surface area contributed by atoms with Crippen LogP contribution in [-0.4, -0.2) is 12.8 Å². The molecular formula is C5H7BN2S. The number of thiazole rings is 1. The van der Waals surface area contributed by atoms with Gasteiger partial charge < -0.3 is 5.73 Å². The molecule has 0 atom stereocenters. The SMILES string of the molecule is [B]c1sc(N)nc1CC. The van der Waals surface area contributed by atoms with E-state index in [1.54, 1.807) is 0 Å². The molecule has 1 heterocycles. The van der Waals surface area contributed by atoms with E-state index in [0.29, 0.717) is 5.13 Å². The maximum Gasteiger partial charge on any atom is 0.179 e. The second kappa shape index (κ2) is 2.39. The maximum atomic E-state index is 5.53. The quantitative estimate of drug-likeness (QED) is 0.558. The third kappa shape index (κ3) is 1.24. The summed E-state index contributed by atoms with van der Waals surface area (Å²) in [5, 5.41) is 0.560. The van der Waals surface area contributed by atoms with Gasteiger partial charge in [-0.2, -0.15) is 0 Å². The van der Waals surface area contributed by atoms with Gasteiger partial charge in [-0.15, -0.1) is 11.3 Å². The van der Waals surface area contributed by atoms with Crippen molar-refractivity contribution < 1.29 is 0 Å². The number of aryl methyl sites for hydroxylation is 1. The lowest BCUT2D eigenvalue weighted by molar-refractivity contribution is 1.08. The van der Waals surface area contributed by atoms with Crippen LogP contribution in [0.5, 0.6) is 0 Å². The number of aromatic nitrogens is 1. The van der Waals surface area contributed by atoms with Crippen LogP contribution in [0.25, 0.3) is 0 Å². The highest BCUT2D eigenvalue weighted by atomic mass is 32.1. The second-order valence-electron chi connectivity index (χ2n) is 1.72. The van der Waals surface area contributed by atoms with Crippen LogP contribution in [-0.2, 0) is 6.42 Å². The summed E-state index contributed by atoms with van der Waals surface area (Å²) in [4.78, 5) is 4.00. The van der Waals surface area contributed by atoms with Gasteiger partial charge in [0.05, 0.1) is 0 Å². The Hall–Kier alpha value is -0.505. The zero-order chi connectivity index (χ0) is 6.85. The summed E-state index contributed by atoms with van der Waals surface area (Å²) in [7, 11) is 5.53. The highest BCUT2D eigenvalue weighted by molar-refractivity contribution is 7.23. The molecule has 0 saturated carbocycles. The average Bonchev–Trinajstić information content (AvgIpc) is 2.10. The zero-order valence-electron chi connectivity index (χ0n) is 5.22. The molecule has 1 aromatic rings. The molecule has 0 unspecified atom stereocenters.